The molecule has 1 amide bonds. The fourth-order valence-electron chi connectivity index (χ4n) is 0.853. The molecule has 0 aliphatic heterocycles. The molecule has 3 nitrogen and oxygen atoms in total. The van der Waals surface area contributed by atoms with Gasteiger partial charge in [-0.15, -0.1) is 0 Å². The minimum atomic E-state index is -0.0339. The maximum Gasteiger partial charge on any atom is 0.229 e. The van der Waals surface area contributed by atoms with Crippen molar-refractivity contribution >= 4 is 18.5 Å². The van der Waals surface area contributed by atoms with Gasteiger partial charge in [0.1, 0.15) is 0 Å². The number of carbonyl (C=O) groups is 1. The lowest BCUT2D eigenvalue weighted by atomic mass is 10.5. The average molecular weight is 189 g/mol. The zero-order chi connectivity index (χ0) is 8.81. The molecule has 0 aromatic rings. The second-order valence-corrected chi connectivity index (χ2v) is 3.34. The molecule has 0 heterocycles. The van der Waals surface area contributed by atoms with Crippen LogP contribution in [0.3, 0.4) is 0 Å². The van der Waals surface area contributed by atoms with Crippen LogP contribution < -0.4 is 5.32 Å². The quantitative estimate of drug-likeness (QED) is 0.470. The van der Waals surface area contributed by atoms with Gasteiger partial charge in [0, 0.05) is 13.2 Å². The smallest absolute Gasteiger partial charge is 0.229 e. The van der Waals surface area contributed by atoms with Gasteiger partial charge in [0.2, 0.25) is 5.91 Å². The lowest BCUT2D eigenvalue weighted by Gasteiger charge is -2.03. The first kappa shape index (κ1) is 9.86. The monoisotopic (exact) mass is 189 g/mol. The fraction of sp³-hybridized carbons (Fsp3) is 0.875. The molecule has 0 radical (unpaired) electrons. The van der Waals surface area contributed by atoms with Gasteiger partial charge in [0.25, 0.3) is 0 Å². The Morgan fingerprint density at radius 3 is 2.92 bits per heavy atom. The minimum absolute atomic E-state index is 0.0339. The van der Waals surface area contributed by atoms with Crippen LogP contribution >= 0.6 is 12.6 Å². The predicted octanol–water partition coefficient (Wildman–Crippen LogP) is 0.459. The minimum Gasteiger partial charge on any atom is -0.379 e. The van der Waals surface area contributed by atoms with Crippen molar-refractivity contribution in [3.63, 3.8) is 0 Å². The Bertz CT molecular complexity index is 148. The van der Waals surface area contributed by atoms with Crippen molar-refractivity contribution in [1.29, 1.82) is 0 Å². The molecule has 12 heavy (non-hydrogen) atoms. The second kappa shape index (κ2) is 5.43. The highest BCUT2D eigenvalue weighted by atomic mass is 32.1. The molecule has 0 bridgehead atoms. The van der Waals surface area contributed by atoms with Gasteiger partial charge < -0.3 is 10.1 Å². The number of ether oxygens (including phenoxy) is 1. The van der Waals surface area contributed by atoms with Gasteiger partial charge in [-0.3, -0.25) is 4.79 Å². The first-order chi connectivity index (χ1) is 5.83. The largest absolute Gasteiger partial charge is 0.379 e. The van der Waals surface area contributed by atoms with Crippen LogP contribution in [0.25, 0.3) is 0 Å². The van der Waals surface area contributed by atoms with Crippen LogP contribution in [0.15, 0.2) is 0 Å². The lowest BCUT2D eigenvalue weighted by Crippen LogP contribution is -2.28. The molecule has 0 saturated heterocycles. The Balaban J connectivity index is 1.78. The van der Waals surface area contributed by atoms with Crippen molar-refractivity contribution < 1.29 is 9.53 Å². The van der Waals surface area contributed by atoms with Gasteiger partial charge in [-0.05, 0) is 18.8 Å². The Morgan fingerprint density at radius 2 is 2.33 bits per heavy atom. The molecule has 0 aromatic carbocycles. The van der Waals surface area contributed by atoms with Crippen molar-refractivity contribution in [2.24, 2.45) is 5.92 Å². The summed E-state index contributed by atoms with van der Waals surface area (Å²) >= 11 is 3.83. The molecule has 1 rings (SSSR count). The maximum absolute atomic E-state index is 10.7. The molecule has 1 fully saturated rings. The van der Waals surface area contributed by atoms with E-state index in [0.717, 1.165) is 12.5 Å². The van der Waals surface area contributed by atoms with Gasteiger partial charge in [-0.2, -0.15) is 12.6 Å². The van der Waals surface area contributed by atoms with Crippen molar-refractivity contribution in [1.82, 2.24) is 5.32 Å². The van der Waals surface area contributed by atoms with Crippen LogP contribution in [0.5, 0.6) is 0 Å². The van der Waals surface area contributed by atoms with Gasteiger partial charge in [-0.1, -0.05) is 0 Å². The zero-order valence-electron chi connectivity index (χ0n) is 7.08. The topological polar surface area (TPSA) is 38.3 Å². The Labute approximate surface area is 78.3 Å². The van der Waals surface area contributed by atoms with E-state index in [0.29, 0.717) is 13.2 Å². The number of rotatable bonds is 6. The van der Waals surface area contributed by atoms with E-state index in [4.69, 9.17) is 4.74 Å². The van der Waals surface area contributed by atoms with Gasteiger partial charge in [-0.25, -0.2) is 0 Å². The molecule has 0 atom stereocenters. The number of amides is 1. The summed E-state index contributed by atoms with van der Waals surface area (Å²) in [6, 6.07) is 0. The summed E-state index contributed by atoms with van der Waals surface area (Å²) in [7, 11) is 0. The number of carbonyl (C=O) groups excluding carboxylic acids is 1. The summed E-state index contributed by atoms with van der Waals surface area (Å²) in [5, 5.41) is 2.69. The summed E-state index contributed by atoms with van der Waals surface area (Å²) in [5.41, 5.74) is 0. The number of thiol groups is 1. The van der Waals surface area contributed by atoms with E-state index in [1.807, 2.05) is 0 Å². The van der Waals surface area contributed by atoms with Crippen LogP contribution in [0.4, 0.5) is 0 Å². The van der Waals surface area contributed by atoms with E-state index in [2.05, 4.69) is 17.9 Å². The first-order valence-corrected chi connectivity index (χ1v) is 4.91. The van der Waals surface area contributed by atoms with E-state index in [1.165, 1.54) is 12.8 Å². The first-order valence-electron chi connectivity index (χ1n) is 4.28. The van der Waals surface area contributed by atoms with Gasteiger partial charge >= 0.3 is 0 Å². The molecule has 0 unspecified atom stereocenters. The van der Waals surface area contributed by atoms with Crippen LogP contribution in [0.2, 0.25) is 0 Å². The highest BCUT2D eigenvalue weighted by Gasteiger charge is 2.20. The lowest BCUT2D eigenvalue weighted by molar-refractivity contribution is -0.118. The van der Waals surface area contributed by atoms with Crippen LogP contribution in [0.1, 0.15) is 12.8 Å². The molecule has 1 saturated carbocycles. The molecular formula is C8H15NO2S. The van der Waals surface area contributed by atoms with Gasteiger partial charge in [0.15, 0.2) is 0 Å². The average Bonchev–Trinajstić information content (AvgIpc) is 2.87. The van der Waals surface area contributed by atoms with E-state index in [1.54, 1.807) is 0 Å². The molecule has 1 aliphatic rings. The number of nitrogens with one attached hydrogen (secondary N) is 1. The summed E-state index contributed by atoms with van der Waals surface area (Å²) in [6.07, 6.45) is 2.62. The summed E-state index contributed by atoms with van der Waals surface area (Å²) in [5.74, 6) is 1.02. The van der Waals surface area contributed by atoms with Crippen LogP contribution in [-0.4, -0.2) is 31.4 Å². The second-order valence-electron chi connectivity index (χ2n) is 3.03. The van der Waals surface area contributed by atoms with E-state index < -0.39 is 0 Å². The number of hydrogen-bond donors (Lipinski definition) is 2. The highest BCUT2D eigenvalue weighted by Crippen LogP contribution is 2.28. The molecule has 0 aromatic heterocycles. The third-order valence-corrected chi connectivity index (χ3v) is 2.05. The van der Waals surface area contributed by atoms with E-state index >= 15 is 0 Å². The number of hydrogen-bond acceptors (Lipinski definition) is 3. The predicted molar refractivity (Wildman–Crippen MR) is 50.4 cm³/mol. The maximum atomic E-state index is 10.7. The molecule has 4 heteroatoms. The third-order valence-electron chi connectivity index (χ3n) is 1.76. The molecule has 70 valence electrons. The fourth-order valence-corrected chi connectivity index (χ4v) is 0.965. The molecular weight excluding hydrogens is 174 g/mol. The standard InChI is InChI=1S/C8H15NO2S/c10-8(6-12)9-3-4-11-5-7-1-2-7/h7,12H,1-6H2,(H,9,10). The summed E-state index contributed by atoms with van der Waals surface area (Å²) < 4.78 is 5.31. The van der Waals surface area contributed by atoms with Crippen molar-refractivity contribution in [2.45, 2.75) is 12.8 Å². The van der Waals surface area contributed by atoms with E-state index in [-0.39, 0.29) is 11.7 Å². The summed E-state index contributed by atoms with van der Waals surface area (Å²) in [6.45, 7) is 2.08. The van der Waals surface area contributed by atoms with Crippen LogP contribution in [0, 0.1) is 5.92 Å². The third kappa shape index (κ3) is 4.62. The van der Waals surface area contributed by atoms with Crippen molar-refractivity contribution in [3.8, 4) is 0 Å². The van der Waals surface area contributed by atoms with Crippen molar-refractivity contribution in [2.75, 3.05) is 25.5 Å². The normalized spacial score (nSPS) is 16.1. The molecule has 1 N–H and O–H groups in total. The van der Waals surface area contributed by atoms with E-state index in [9.17, 15) is 4.79 Å². The highest BCUT2D eigenvalue weighted by molar-refractivity contribution is 7.81. The molecule has 0 spiro atoms. The Hall–Kier alpha value is -0.220. The SMILES string of the molecule is O=C(CS)NCCOCC1CC1. The Morgan fingerprint density at radius 1 is 1.58 bits per heavy atom. The molecule has 1 aliphatic carbocycles. The van der Waals surface area contributed by atoms with Crippen molar-refractivity contribution in [3.05, 3.63) is 0 Å². The Kier molecular flexibility index (Phi) is 4.46. The zero-order valence-corrected chi connectivity index (χ0v) is 7.98. The summed E-state index contributed by atoms with van der Waals surface area (Å²) in [4.78, 5) is 10.7. The van der Waals surface area contributed by atoms with Gasteiger partial charge in [0.05, 0.1) is 12.4 Å². The van der Waals surface area contributed by atoms with Crippen LogP contribution in [-0.2, 0) is 9.53 Å².